The Bertz CT molecular complexity index is 896. The standard InChI is InChI=1S/C16H13NO4S/c18-6-5-17-9-12(16(20)21)15(19)11-4-3-10(8-13(11)17)14-2-1-7-22-14/h1-4,7-9,18H,5-6H2,(H,20,21). The number of carbonyl (C=O) groups is 1. The molecule has 0 saturated carbocycles. The van der Waals surface area contributed by atoms with Crippen molar-refractivity contribution >= 4 is 28.2 Å². The van der Waals surface area contributed by atoms with Gasteiger partial charge in [-0.25, -0.2) is 4.79 Å². The molecule has 3 rings (SSSR count). The largest absolute Gasteiger partial charge is 0.477 e. The van der Waals surface area contributed by atoms with E-state index < -0.39 is 11.4 Å². The number of benzene rings is 1. The average Bonchev–Trinajstić information content (AvgIpc) is 3.04. The highest BCUT2D eigenvalue weighted by atomic mass is 32.1. The molecular weight excluding hydrogens is 302 g/mol. The molecule has 1 aromatic carbocycles. The van der Waals surface area contributed by atoms with Gasteiger partial charge in [-0.1, -0.05) is 12.1 Å². The minimum atomic E-state index is -1.26. The van der Waals surface area contributed by atoms with E-state index in [0.717, 1.165) is 10.4 Å². The summed E-state index contributed by atoms with van der Waals surface area (Å²) in [5.41, 5.74) is 0.783. The monoisotopic (exact) mass is 315 g/mol. The highest BCUT2D eigenvalue weighted by Gasteiger charge is 2.15. The van der Waals surface area contributed by atoms with E-state index in [1.54, 1.807) is 22.0 Å². The molecule has 0 bridgehead atoms. The van der Waals surface area contributed by atoms with Crippen molar-refractivity contribution in [3.63, 3.8) is 0 Å². The maximum Gasteiger partial charge on any atom is 0.341 e. The van der Waals surface area contributed by atoms with E-state index in [2.05, 4.69) is 0 Å². The molecule has 5 nitrogen and oxygen atoms in total. The first-order valence-corrected chi connectivity index (χ1v) is 7.55. The number of pyridine rings is 1. The van der Waals surface area contributed by atoms with Crippen LogP contribution in [0.3, 0.4) is 0 Å². The van der Waals surface area contributed by atoms with Gasteiger partial charge in [0, 0.05) is 23.0 Å². The zero-order chi connectivity index (χ0) is 15.7. The number of fused-ring (bicyclic) bond motifs is 1. The van der Waals surface area contributed by atoms with Crippen LogP contribution in [0.15, 0.2) is 46.7 Å². The Morgan fingerprint density at radius 1 is 1.27 bits per heavy atom. The highest BCUT2D eigenvalue weighted by Crippen LogP contribution is 2.27. The van der Waals surface area contributed by atoms with E-state index in [1.165, 1.54) is 6.20 Å². The van der Waals surface area contributed by atoms with Crippen molar-refractivity contribution in [1.29, 1.82) is 0 Å². The maximum absolute atomic E-state index is 12.3. The summed E-state index contributed by atoms with van der Waals surface area (Å²) in [4.78, 5) is 24.5. The van der Waals surface area contributed by atoms with Gasteiger partial charge < -0.3 is 14.8 Å². The van der Waals surface area contributed by atoms with Crippen molar-refractivity contribution < 1.29 is 15.0 Å². The van der Waals surface area contributed by atoms with Crippen LogP contribution in [-0.2, 0) is 6.54 Å². The molecule has 0 spiro atoms. The van der Waals surface area contributed by atoms with Gasteiger partial charge in [0.15, 0.2) is 0 Å². The molecule has 0 aliphatic carbocycles. The number of aliphatic hydroxyl groups is 1. The first-order valence-electron chi connectivity index (χ1n) is 6.67. The Morgan fingerprint density at radius 2 is 2.09 bits per heavy atom. The summed E-state index contributed by atoms with van der Waals surface area (Å²) < 4.78 is 1.61. The predicted molar refractivity (Wildman–Crippen MR) is 85.6 cm³/mol. The van der Waals surface area contributed by atoms with Crippen LogP contribution in [-0.4, -0.2) is 27.4 Å². The summed E-state index contributed by atoms with van der Waals surface area (Å²) >= 11 is 1.59. The van der Waals surface area contributed by atoms with E-state index >= 15 is 0 Å². The zero-order valence-electron chi connectivity index (χ0n) is 11.5. The molecule has 2 heterocycles. The van der Waals surface area contributed by atoms with Gasteiger partial charge in [0.25, 0.3) is 0 Å². The summed E-state index contributed by atoms with van der Waals surface area (Å²) in [5, 5.41) is 20.6. The number of carboxylic acid groups (broad SMARTS) is 1. The minimum absolute atomic E-state index is 0.139. The normalized spacial score (nSPS) is 11.0. The summed E-state index contributed by atoms with van der Waals surface area (Å²) in [6.45, 7) is 0.0885. The molecule has 6 heteroatoms. The molecule has 22 heavy (non-hydrogen) atoms. The smallest absolute Gasteiger partial charge is 0.341 e. The summed E-state index contributed by atoms with van der Waals surface area (Å²) in [6.07, 6.45) is 1.29. The molecule has 0 saturated heterocycles. The van der Waals surface area contributed by atoms with Crippen molar-refractivity contribution in [1.82, 2.24) is 4.57 Å². The number of carboxylic acids is 1. The number of nitrogens with zero attached hydrogens (tertiary/aromatic N) is 1. The van der Waals surface area contributed by atoms with Crippen LogP contribution >= 0.6 is 11.3 Å². The second kappa shape index (κ2) is 5.75. The third-order valence-electron chi connectivity index (χ3n) is 3.46. The van der Waals surface area contributed by atoms with Crippen LogP contribution < -0.4 is 5.43 Å². The van der Waals surface area contributed by atoms with Crippen LogP contribution in [0.2, 0.25) is 0 Å². The molecule has 3 aromatic rings. The van der Waals surface area contributed by atoms with Crippen molar-refractivity contribution in [2.75, 3.05) is 6.61 Å². The highest BCUT2D eigenvalue weighted by molar-refractivity contribution is 7.13. The Morgan fingerprint density at radius 3 is 2.73 bits per heavy atom. The lowest BCUT2D eigenvalue weighted by molar-refractivity contribution is 0.0694. The second-order valence-corrected chi connectivity index (χ2v) is 5.75. The number of rotatable bonds is 4. The van der Waals surface area contributed by atoms with Gasteiger partial charge in [-0.2, -0.15) is 0 Å². The number of thiophene rings is 1. The fourth-order valence-electron chi connectivity index (χ4n) is 2.43. The van der Waals surface area contributed by atoms with E-state index in [-0.39, 0.29) is 18.7 Å². The van der Waals surface area contributed by atoms with Crippen molar-refractivity contribution in [2.24, 2.45) is 0 Å². The van der Waals surface area contributed by atoms with Gasteiger partial charge >= 0.3 is 5.97 Å². The van der Waals surface area contributed by atoms with Crippen LogP contribution in [0.4, 0.5) is 0 Å². The molecule has 0 unspecified atom stereocenters. The minimum Gasteiger partial charge on any atom is -0.477 e. The second-order valence-electron chi connectivity index (χ2n) is 4.80. The molecular formula is C16H13NO4S. The Balaban J connectivity index is 2.31. The van der Waals surface area contributed by atoms with Crippen LogP contribution in [0, 0.1) is 0 Å². The zero-order valence-corrected chi connectivity index (χ0v) is 12.3. The average molecular weight is 315 g/mol. The Labute approximate surface area is 129 Å². The van der Waals surface area contributed by atoms with Gasteiger partial charge in [0.1, 0.15) is 5.56 Å². The first-order chi connectivity index (χ1) is 10.6. The fourth-order valence-corrected chi connectivity index (χ4v) is 3.16. The van der Waals surface area contributed by atoms with Gasteiger partial charge in [-0.3, -0.25) is 4.79 Å². The van der Waals surface area contributed by atoms with Crippen LogP contribution in [0.1, 0.15) is 10.4 Å². The van der Waals surface area contributed by atoms with Crippen LogP contribution in [0.5, 0.6) is 0 Å². The number of hydrogen-bond donors (Lipinski definition) is 2. The Hall–Kier alpha value is -2.44. The SMILES string of the molecule is O=C(O)c1cn(CCO)c2cc(-c3cccs3)ccc2c1=O. The first kappa shape index (κ1) is 14.5. The lowest BCUT2D eigenvalue weighted by Crippen LogP contribution is -2.19. The predicted octanol–water partition coefficient (Wildman–Crippen LogP) is 2.42. The summed E-state index contributed by atoms with van der Waals surface area (Å²) in [7, 11) is 0. The van der Waals surface area contributed by atoms with E-state index in [1.807, 2.05) is 29.6 Å². The van der Waals surface area contributed by atoms with Gasteiger partial charge in [0.05, 0.1) is 12.1 Å². The number of aliphatic hydroxyl groups excluding tert-OH is 1. The van der Waals surface area contributed by atoms with Crippen molar-refractivity contribution in [3.05, 3.63) is 57.7 Å². The maximum atomic E-state index is 12.3. The third-order valence-corrected chi connectivity index (χ3v) is 4.38. The summed E-state index contributed by atoms with van der Waals surface area (Å²) in [6, 6.07) is 9.23. The molecule has 0 radical (unpaired) electrons. The van der Waals surface area contributed by atoms with Gasteiger partial charge in [-0.15, -0.1) is 11.3 Å². The van der Waals surface area contributed by atoms with E-state index in [9.17, 15) is 14.7 Å². The quantitative estimate of drug-likeness (QED) is 0.775. The molecule has 0 aliphatic rings. The molecule has 0 aliphatic heterocycles. The van der Waals surface area contributed by atoms with Crippen molar-refractivity contribution in [2.45, 2.75) is 6.54 Å². The van der Waals surface area contributed by atoms with E-state index in [0.29, 0.717) is 10.9 Å². The van der Waals surface area contributed by atoms with Gasteiger partial charge in [0.2, 0.25) is 5.43 Å². The van der Waals surface area contributed by atoms with E-state index in [4.69, 9.17) is 5.11 Å². The molecule has 0 amide bonds. The lowest BCUT2D eigenvalue weighted by Gasteiger charge is -2.12. The Kier molecular flexibility index (Phi) is 3.79. The van der Waals surface area contributed by atoms with Gasteiger partial charge in [-0.05, 0) is 29.1 Å². The van der Waals surface area contributed by atoms with Crippen LogP contribution in [0.25, 0.3) is 21.3 Å². The topological polar surface area (TPSA) is 79.5 Å². The number of hydrogen-bond acceptors (Lipinski definition) is 4. The molecule has 2 N–H and O–H groups in total. The molecule has 112 valence electrons. The summed E-state index contributed by atoms with van der Waals surface area (Å²) in [5.74, 6) is -1.26. The lowest BCUT2D eigenvalue weighted by atomic mass is 10.1. The molecule has 0 fully saturated rings. The number of aromatic carboxylic acids is 1. The van der Waals surface area contributed by atoms with Crippen molar-refractivity contribution in [3.8, 4) is 10.4 Å². The number of aromatic nitrogens is 1. The fraction of sp³-hybridized carbons (Fsp3) is 0.125. The molecule has 0 atom stereocenters. The third kappa shape index (κ3) is 2.43. The molecule has 2 aromatic heterocycles.